The maximum atomic E-state index is 10.9. The zero-order chi connectivity index (χ0) is 8.91. The van der Waals surface area contributed by atoms with Gasteiger partial charge in [0.25, 0.3) is 0 Å². The van der Waals surface area contributed by atoms with Gasteiger partial charge in [0.2, 0.25) is 0 Å². The summed E-state index contributed by atoms with van der Waals surface area (Å²) < 4.78 is 21.8. The van der Waals surface area contributed by atoms with Crippen molar-refractivity contribution in [3.63, 3.8) is 0 Å². The van der Waals surface area contributed by atoms with Crippen molar-refractivity contribution >= 4 is 16.1 Å². The highest BCUT2D eigenvalue weighted by Crippen LogP contribution is 2.02. The third kappa shape index (κ3) is 6.04. The molecule has 11 heavy (non-hydrogen) atoms. The van der Waals surface area contributed by atoms with Gasteiger partial charge in [-0.25, -0.2) is 8.42 Å². The molecule has 0 amide bonds. The van der Waals surface area contributed by atoms with E-state index in [1.54, 1.807) is 0 Å². The van der Waals surface area contributed by atoms with Crippen LogP contribution in [0.25, 0.3) is 0 Å². The normalized spacial score (nSPS) is 11.9. The Morgan fingerprint density at radius 3 is 2.27 bits per heavy atom. The second-order valence-corrected chi connectivity index (χ2v) is 5.19. The van der Waals surface area contributed by atoms with Crippen LogP contribution in [0.15, 0.2) is 0 Å². The van der Waals surface area contributed by atoms with Crippen molar-refractivity contribution in [2.45, 2.75) is 20.3 Å². The van der Waals surface area contributed by atoms with Crippen LogP contribution in [0, 0.1) is 5.92 Å². The third-order valence-corrected chi connectivity index (χ3v) is 2.83. The lowest BCUT2D eigenvalue weighted by atomic mass is 10.2. The Hall–Kier alpha value is -0.380. The molecule has 3 nitrogen and oxygen atoms in total. The molecule has 0 unspecified atom stereocenters. The largest absolute Gasteiger partial charge is 0.302 e. The molecule has 4 heteroatoms. The van der Waals surface area contributed by atoms with Crippen molar-refractivity contribution in [1.29, 1.82) is 0 Å². The van der Waals surface area contributed by atoms with Gasteiger partial charge in [-0.15, -0.1) is 0 Å². The molecule has 0 aliphatic carbocycles. The minimum atomic E-state index is -3.09. The van der Waals surface area contributed by atoms with E-state index in [4.69, 9.17) is 0 Å². The average Bonchev–Trinajstić information content (AvgIpc) is 1.84. The molecule has 0 spiro atoms. The molecular weight excluding hydrogens is 164 g/mol. The first-order valence-corrected chi connectivity index (χ1v) is 5.44. The monoisotopic (exact) mass is 178 g/mol. The van der Waals surface area contributed by atoms with Crippen LogP contribution >= 0.6 is 0 Å². The lowest BCUT2D eigenvalue weighted by Crippen LogP contribution is -2.13. The van der Waals surface area contributed by atoms with E-state index >= 15 is 0 Å². The van der Waals surface area contributed by atoms with Crippen LogP contribution in [-0.4, -0.2) is 26.2 Å². The maximum absolute atomic E-state index is 10.9. The number of sulfone groups is 1. The zero-order valence-electron chi connectivity index (χ0n) is 6.91. The highest BCUT2D eigenvalue weighted by atomic mass is 32.2. The number of rotatable bonds is 5. The molecule has 0 radical (unpaired) electrons. The molecule has 0 aliphatic heterocycles. The van der Waals surface area contributed by atoms with Gasteiger partial charge in [0.15, 0.2) is 9.84 Å². The molecule has 0 rings (SSSR count). The molecule has 0 saturated carbocycles. The second kappa shape index (κ2) is 4.49. The van der Waals surface area contributed by atoms with E-state index in [0.717, 1.165) is 0 Å². The van der Waals surface area contributed by atoms with Gasteiger partial charge in [-0.1, -0.05) is 13.8 Å². The molecule has 0 N–H and O–H groups in total. The highest BCUT2D eigenvalue weighted by molar-refractivity contribution is 7.91. The molecule has 0 heterocycles. The first-order valence-electron chi connectivity index (χ1n) is 3.62. The van der Waals surface area contributed by atoms with Crippen molar-refractivity contribution in [3.05, 3.63) is 0 Å². The molecule has 0 aliphatic rings. The van der Waals surface area contributed by atoms with Gasteiger partial charge in [0.05, 0.1) is 5.75 Å². The van der Waals surface area contributed by atoms with E-state index in [1.165, 1.54) is 0 Å². The molecule has 0 atom stereocenters. The summed E-state index contributed by atoms with van der Waals surface area (Å²) in [5.41, 5.74) is 0. The van der Waals surface area contributed by atoms with Gasteiger partial charge < -0.3 is 4.79 Å². The van der Waals surface area contributed by atoms with Gasteiger partial charge in [-0.05, 0) is 12.3 Å². The predicted molar refractivity (Wildman–Crippen MR) is 44.2 cm³/mol. The Bertz CT molecular complexity index is 204. The molecule has 0 fully saturated rings. The summed E-state index contributed by atoms with van der Waals surface area (Å²) in [5, 5.41) is 0. The molecular formula is C7H14O3S. The summed E-state index contributed by atoms with van der Waals surface area (Å²) in [6, 6.07) is 0. The van der Waals surface area contributed by atoms with Crippen molar-refractivity contribution in [2.75, 3.05) is 11.5 Å². The Morgan fingerprint density at radius 2 is 1.91 bits per heavy atom. The minimum Gasteiger partial charge on any atom is -0.302 e. The first kappa shape index (κ1) is 10.6. The maximum Gasteiger partial charge on any atom is 0.157 e. The number of carbonyl (C=O) groups is 1. The fourth-order valence-corrected chi connectivity index (χ4v) is 1.81. The summed E-state index contributed by atoms with van der Waals surface area (Å²) >= 11 is 0. The van der Waals surface area contributed by atoms with Crippen LogP contribution in [-0.2, 0) is 14.6 Å². The molecule has 0 bridgehead atoms. The lowest BCUT2D eigenvalue weighted by molar-refractivity contribution is -0.105. The van der Waals surface area contributed by atoms with Crippen molar-refractivity contribution in [2.24, 2.45) is 5.92 Å². The smallest absolute Gasteiger partial charge is 0.157 e. The Balaban J connectivity index is 3.83. The molecule has 0 aromatic rings. The summed E-state index contributed by atoms with van der Waals surface area (Å²) in [7, 11) is -3.09. The van der Waals surface area contributed by atoms with E-state index in [9.17, 15) is 13.2 Å². The number of hydrogen-bond donors (Lipinski definition) is 0. The Morgan fingerprint density at radius 1 is 1.36 bits per heavy atom. The number of aldehydes is 1. The quantitative estimate of drug-likeness (QED) is 0.581. The minimum absolute atomic E-state index is 0.128. The SMILES string of the molecule is CC(C)CCS(=O)(=O)CC=O. The van der Waals surface area contributed by atoms with Gasteiger partial charge in [-0.3, -0.25) is 0 Å². The Labute approximate surface area is 67.7 Å². The lowest BCUT2D eigenvalue weighted by Gasteiger charge is -2.02. The van der Waals surface area contributed by atoms with Gasteiger partial charge in [0, 0.05) is 0 Å². The third-order valence-electron chi connectivity index (χ3n) is 1.33. The average molecular weight is 178 g/mol. The molecule has 0 saturated heterocycles. The predicted octanol–water partition coefficient (Wildman–Crippen LogP) is 0.646. The van der Waals surface area contributed by atoms with Crippen LogP contribution in [0.1, 0.15) is 20.3 Å². The summed E-state index contributed by atoms with van der Waals surface area (Å²) in [6.45, 7) is 3.91. The van der Waals surface area contributed by atoms with Gasteiger partial charge in [0.1, 0.15) is 12.0 Å². The summed E-state index contributed by atoms with van der Waals surface area (Å²) in [4.78, 5) is 9.89. The van der Waals surface area contributed by atoms with Gasteiger partial charge in [-0.2, -0.15) is 0 Å². The molecule has 66 valence electrons. The van der Waals surface area contributed by atoms with E-state index < -0.39 is 9.84 Å². The fraction of sp³-hybridized carbons (Fsp3) is 0.857. The van der Waals surface area contributed by atoms with Crippen LogP contribution in [0.5, 0.6) is 0 Å². The highest BCUT2D eigenvalue weighted by Gasteiger charge is 2.09. The van der Waals surface area contributed by atoms with E-state index in [2.05, 4.69) is 0 Å². The summed E-state index contributed by atoms with van der Waals surface area (Å²) in [6.07, 6.45) is 1.08. The topological polar surface area (TPSA) is 51.2 Å². The molecule has 0 aromatic heterocycles. The molecule has 0 aromatic carbocycles. The van der Waals surface area contributed by atoms with Crippen molar-refractivity contribution in [3.8, 4) is 0 Å². The van der Waals surface area contributed by atoms with Crippen molar-refractivity contribution < 1.29 is 13.2 Å². The van der Waals surface area contributed by atoms with Crippen LogP contribution in [0.2, 0.25) is 0 Å². The van der Waals surface area contributed by atoms with Crippen LogP contribution < -0.4 is 0 Å². The second-order valence-electron chi connectivity index (χ2n) is 2.96. The zero-order valence-corrected chi connectivity index (χ0v) is 7.73. The van der Waals surface area contributed by atoms with Crippen LogP contribution in [0.3, 0.4) is 0 Å². The van der Waals surface area contributed by atoms with E-state index in [1.807, 2.05) is 13.8 Å². The fourth-order valence-electron chi connectivity index (χ4n) is 0.602. The summed E-state index contributed by atoms with van der Waals surface area (Å²) in [5.74, 6) is 0.166. The van der Waals surface area contributed by atoms with E-state index in [-0.39, 0.29) is 11.5 Å². The van der Waals surface area contributed by atoms with E-state index in [0.29, 0.717) is 18.6 Å². The Kier molecular flexibility index (Phi) is 4.33. The number of carbonyl (C=O) groups excluding carboxylic acids is 1. The number of hydrogen-bond acceptors (Lipinski definition) is 3. The van der Waals surface area contributed by atoms with Crippen molar-refractivity contribution in [1.82, 2.24) is 0 Å². The van der Waals surface area contributed by atoms with Crippen LogP contribution in [0.4, 0.5) is 0 Å². The standard InChI is InChI=1S/C7H14O3S/c1-7(2)3-5-11(9,10)6-4-8/h4,7H,3,5-6H2,1-2H3. The first-order chi connectivity index (χ1) is 4.98. The van der Waals surface area contributed by atoms with Gasteiger partial charge >= 0.3 is 0 Å².